The van der Waals surface area contributed by atoms with Crippen LogP contribution in [0.15, 0.2) is 28.3 Å². The van der Waals surface area contributed by atoms with Gasteiger partial charge in [-0.2, -0.15) is 0 Å². The highest BCUT2D eigenvalue weighted by atomic mass is 16.5. The van der Waals surface area contributed by atoms with E-state index in [1.165, 1.54) is 0 Å². The molecule has 1 aliphatic carbocycles. The molecule has 0 saturated heterocycles. The van der Waals surface area contributed by atoms with Crippen molar-refractivity contribution < 1.29 is 24.5 Å². The third-order valence-electron chi connectivity index (χ3n) is 2.28. The highest BCUT2D eigenvalue weighted by molar-refractivity contribution is 6.14. The van der Waals surface area contributed by atoms with Gasteiger partial charge in [-0.15, -0.1) is 0 Å². The van der Waals surface area contributed by atoms with E-state index in [9.17, 15) is 14.7 Å². The molecule has 0 aromatic heterocycles. The van der Waals surface area contributed by atoms with Crippen molar-refractivity contribution in [2.75, 3.05) is 7.11 Å². The number of ether oxygens (including phenoxy) is 1. The molecule has 0 amide bonds. The van der Waals surface area contributed by atoms with Gasteiger partial charge in [0.15, 0.2) is 11.5 Å². The summed E-state index contributed by atoms with van der Waals surface area (Å²) in [6.07, 6.45) is 2.88. The number of hydrogen-bond donors (Lipinski definition) is 2. The van der Waals surface area contributed by atoms with Crippen LogP contribution in [0, 0.1) is 0 Å². The fraction of sp³-hybridized carbons (Fsp3) is 0.364. The van der Waals surface area contributed by atoms with E-state index >= 15 is 0 Å². The molecule has 92 valence electrons. The van der Waals surface area contributed by atoms with Crippen molar-refractivity contribution in [3.8, 4) is 0 Å². The van der Waals surface area contributed by atoms with Crippen molar-refractivity contribution in [3.05, 3.63) is 23.3 Å². The van der Waals surface area contributed by atoms with Crippen LogP contribution >= 0.6 is 0 Å². The summed E-state index contributed by atoms with van der Waals surface area (Å²) in [7, 11) is 1.14. The molecule has 0 unspecified atom stereocenters. The van der Waals surface area contributed by atoms with Crippen LogP contribution in [-0.2, 0) is 14.3 Å². The number of hydrogen-bond acceptors (Lipinski definition) is 6. The normalized spacial score (nSPS) is 17.7. The van der Waals surface area contributed by atoms with Crippen LogP contribution in [0.25, 0.3) is 0 Å². The van der Waals surface area contributed by atoms with E-state index in [0.29, 0.717) is 25.5 Å². The van der Waals surface area contributed by atoms with Crippen LogP contribution < -0.4 is 0 Å². The number of aliphatic hydroxyl groups excluding tert-OH is 2. The Balaban J connectivity index is 2.90. The number of aliphatic hydroxyl groups is 2. The van der Waals surface area contributed by atoms with E-state index in [1.54, 1.807) is 0 Å². The van der Waals surface area contributed by atoms with E-state index in [1.807, 2.05) is 0 Å². The Morgan fingerprint density at radius 3 is 2.71 bits per heavy atom. The van der Waals surface area contributed by atoms with Crippen molar-refractivity contribution >= 4 is 18.0 Å². The molecule has 0 atom stereocenters. The van der Waals surface area contributed by atoms with Gasteiger partial charge in [0.2, 0.25) is 0 Å². The van der Waals surface area contributed by atoms with Gasteiger partial charge in [0.25, 0.3) is 0 Å². The number of ketones is 1. The Kier molecular flexibility index (Phi) is 4.45. The zero-order valence-electron chi connectivity index (χ0n) is 9.34. The first-order valence-electron chi connectivity index (χ1n) is 5.02. The van der Waals surface area contributed by atoms with Gasteiger partial charge in [-0.05, 0) is 6.42 Å². The fourth-order valence-electron chi connectivity index (χ4n) is 1.37. The topological polar surface area (TPSA) is 96.2 Å². The van der Waals surface area contributed by atoms with Crippen LogP contribution in [0.1, 0.15) is 19.3 Å². The maximum atomic E-state index is 11.4. The molecule has 17 heavy (non-hydrogen) atoms. The van der Waals surface area contributed by atoms with E-state index in [2.05, 4.69) is 9.73 Å². The Morgan fingerprint density at radius 1 is 1.47 bits per heavy atom. The second kappa shape index (κ2) is 5.83. The van der Waals surface area contributed by atoms with Crippen molar-refractivity contribution in [1.82, 2.24) is 0 Å². The van der Waals surface area contributed by atoms with Gasteiger partial charge in [0.1, 0.15) is 12.0 Å². The molecule has 0 bridgehead atoms. The Morgan fingerprint density at radius 2 is 2.18 bits per heavy atom. The second-order valence-electron chi connectivity index (χ2n) is 3.40. The minimum Gasteiger partial charge on any atom is -0.513 e. The first kappa shape index (κ1) is 13.0. The first-order chi connectivity index (χ1) is 8.10. The van der Waals surface area contributed by atoms with Crippen LogP contribution in [0.2, 0.25) is 0 Å². The molecule has 0 heterocycles. The van der Waals surface area contributed by atoms with Gasteiger partial charge < -0.3 is 14.9 Å². The monoisotopic (exact) mass is 239 g/mol. The van der Waals surface area contributed by atoms with E-state index in [4.69, 9.17) is 5.11 Å². The number of esters is 1. The molecule has 0 aromatic rings. The van der Waals surface area contributed by atoms with Gasteiger partial charge >= 0.3 is 5.97 Å². The molecule has 0 radical (unpaired) electrons. The summed E-state index contributed by atoms with van der Waals surface area (Å²) in [6.45, 7) is 0. The van der Waals surface area contributed by atoms with E-state index in [0.717, 1.165) is 13.3 Å². The highest BCUT2D eigenvalue weighted by Crippen LogP contribution is 2.18. The molecule has 0 aliphatic heterocycles. The maximum absolute atomic E-state index is 11.4. The number of aliphatic imine (C=N–C) groups is 1. The van der Waals surface area contributed by atoms with Crippen LogP contribution in [0.5, 0.6) is 0 Å². The zero-order chi connectivity index (χ0) is 12.8. The number of Topliss-reactive ketones (excluding diaryl/α,β-unsaturated/α-hetero) is 1. The van der Waals surface area contributed by atoms with Crippen molar-refractivity contribution in [2.45, 2.75) is 19.3 Å². The molecule has 6 nitrogen and oxygen atoms in total. The Labute approximate surface area is 97.9 Å². The second-order valence-corrected chi connectivity index (χ2v) is 3.40. The van der Waals surface area contributed by atoms with E-state index < -0.39 is 5.97 Å². The third kappa shape index (κ3) is 3.17. The molecule has 0 fully saturated rings. The molecule has 1 rings (SSSR count). The summed E-state index contributed by atoms with van der Waals surface area (Å²) in [5, 5.41) is 18.2. The smallest absolute Gasteiger partial charge is 0.359 e. The van der Waals surface area contributed by atoms with Gasteiger partial charge in [-0.3, -0.25) is 4.79 Å². The summed E-state index contributed by atoms with van der Waals surface area (Å²) < 4.78 is 4.35. The van der Waals surface area contributed by atoms with Gasteiger partial charge in [-0.1, -0.05) is 0 Å². The van der Waals surface area contributed by atoms with Crippen LogP contribution in [0.4, 0.5) is 0 Å². The SMILES string of the molecule is COC(=O)/C(=C\O)N=CC1=C(O)CCCC1=O. The lowest BCUT2D eigenvalue weighted by molar-refractivity contribution is -0.136. The van der Waals surface area contributed by atoms with Crippen molar-refractivity contribution in [1.29, 1.82) is 0 Å². The molecule has 0 saturated carbocycles. The summed E-state index contributed by atoms with van der Waals surface area (Å²) in [5.74, 6) is -1.11. The largest absolute Gasteiger partial charge is 0.513 e. The minimum atomic E-state index is -0.827. The summed E-state index contributed by atoms with van der Waals surface area (Å²) in [5.41, 5.74) is -0.273. The van der Waals surface area contributed by atoms with Gasteiger partial charge in [-0.25, -0.2) is 9.79 Å². The Bertz CT molecular complexity index is 420. The van der Waals surface area contributed by atoms with Crippen LogP contribution in [0.3, 0.4) is 0 Å². The summed E-state index contributed by atoms with van der Waals surface area (Å²) in [4.78, 5) is 26.1. The predicted molar refractivity (Wildman–Crippen MR) is 59.7 cm³/mol. The van der Waals surface area contributed by atoms with Gasteiger partial charge in [0.05, 0.1) is 12.7 Å². The lowest BCUT2D eigenvalue weighted by Gasteiger charge is -2.11. The fourth-order valence-corrected chi connectivity index (χ4v) is 1.37. The molecule has 6 heteroatoms. The average molecular weight is 239 g/mol. The first-order valence-corrected chi connectivity index (χ1v) is 5.02. The molecular formula is C11H13NO5. The molecule has 0 spiro atoms. The number of rotatable bonds is 3. The quantitative estimate of drug-likeness (QED) is 0.334. The zero-order valence-corrected chi connectivity index (χ0v) is 9.34. The lowest BCUT2D eigenvalue weighted by Crippen LogP contribution is -2.13. The summed E-state index contributed by atoms with van der Waals surface area (Å²) >= 11 is 0. The highest BCUT2D eigenvalue weighted by Gasteiger charge is 2.19. The average Bonchev–Trinajstić information content (AvgIpc) is 2.32. The lowest BCUT2D eigenvalue weighted by atomic mass is 9.97. The standard InChI is InChI=1S/C11H13NO5/c1-17-11(16)8(6-13)12-5-7-9(14)3-2-4-10(7)15/h5-6,13-14H,2-4H2,1H3/b8-6+,12-5?. The van der Waals surface area contributed by atoms with Gasteiger partial charge in [0, 0.05) is 19.1 Å². The number of carbonyl (C=O) groups excluding carboxylic acids is 2. The molecule has 1 aliphatic rings. The third-order valence-corrected chi connectivity index (χ3v) is 2.28. The molecule has 2 N–H and O–H groups in total. The summed E-state index contributed by atoms with van der Waals surface area (Å²) in [6, 6.07) is 0. The maximum Gasteiger partial charge on any atom is 0.359 e. The number of allylic oxidation sites excluding steroid dienone is 2. The predicted octanol–water partition coefficient (Wildman–Crippen LogP) is 1.19. The van der Waals surface area contributed by atoms with Crippen molar-refractivity contribution in [3.63, 3.8) is 0 Å². The Hall–Kier alpha value is -2.11. The van der Waals surface area contributed by atoms with Crippen molar-refractivity contribution in [2.24, 2.45) is 4.99 Å². The minimum absolute atomic E-state index is 0.0489. The van der Waals surface area contributed by atoms with Crippen LogP contribution in [-0.4, -0.2) is 35.3 Å². The number of nitrogens with zero attached hydrogens (tertiary/aromatic N) is 1. The molecular weight excluding hydrogens is 226 g/mol. The number of carbonyl (C=O) groups is 2. The molecule has 0 aromatic carbocycles. The van der Waals surface area contributed by atoms with E-state index in [-0.39, 0.29) is 22.8 Å². The number of methoxy groups -OCH3 is 1.